The third-order valence-electron chi connectivity index (χ3n) is 6.11. The van der Waals surface area contributed by atoms with Crippen LogP contribution in [0.3, 0.4) is 0 Å². The van der Waals surface area contributed by atoms with Crippen molar-refractivity contribution in [2.75, 3.05) is 0 Å². The van der Waals surface area contributed by atoms with Crippen LogP contribution in [0.15, 0.2) is 36.4 Å². The molecule has 0 spiro atoms. The Kier molecular flexibility index (Phi) is 14.1. The number of hydrogen-bond acceptors (Lipinski definition) is 8. The van der Waals surface area contributed by atoms with Crippen molar-refractivity contribution in [3.05, 3.63) is 40.7 Å². The summed E-state index contributed by atoms with van der Waals surface area (Å²) in [5, 5.41) is -0.0881. The fourth-order valence-electron chi connectivity index (χ4n) is 4.00. The molecule has 0 amide bonds. The SMILES string of the molecule is C.CC(C)C(=O)OC1CCCC1.CC(C)NS(=O)(=O)C1CC1.CC(C)Oc1nc2ccccc2nc1-c1ccc(Cl)s1. The van der Waals surface area contributed by atoms with Gasteiger partial charge in [-0.15, -0.1) is 11.3 Å². The lowest BCUT2D eigenvalue weighted by atomic mass is 10.2. The number of benzene rings is 1. The third-order valence-corrected chi connectivity index (χ3v) is 9.50. The number of nitrogens with zero attached hydrogens (tertiary/aromatic N) is 2. The zero-order valence-corrected chi connectivity index (χ0v) is 27.1. The highest BCUT2D eigenvalue weighted by atomic mass is 35.5. The summed E-state index contributed by atoms with van der Waals surface area (Å²) < 4.78 is 36.5. The Morgan fingerprint density at radius 1 is 0.952 bits per heavy atom. The van der Waals surface area contributed by atoms with Gasteiger partial charge in [-0.3, -0.25) is 4.79 Å². The van der Waals surface area contributed by atoms with Crippen LogP contribution in [0.5, 0.6) is 5.88 Å². The molecule has 2 aromatic heterocycles. The quantitative estimate of drug-likeness (QED) is 0.249. The molecule has 2 aliphatic rings. The summed E-state index contributed by atoms with van der Waals surface area (Å²) in [6.45, 7) is 11.4. The number of thiophene rings is 1. The zero-order valence-electron chi connectivity index (χ0n) is 24.7. The first-order chi connectivity index (χ1) is 19.4. The molecule has 1 N–H and O–H groups in total. The summed E-state index contributed by atoms with van der Waals surface area (Å²) in [7, 11) is -2.94. The van der Waals surface area contributed by atoms with Gasteiger partial charge in [0.15, 0.2) is 0 Å². The first-order valence-corrected chi connectivity index (χ1v) is 17.0. The summed E-state index contributed by atoms with van der Waals surface area (Å²) in [6, 6.07) is 11.6. The minimum absolute atomic E-state index is 0. The number of halogens is 1. The van der Waals surface area contributed by atoms with Gasteiger partial charge in [0.05, 0.1) is 37.5 Å². The van der Waals surface area contributed by atoms with Crippen molar-refractivity contribution < 1.29 is 22.7 Å². The van der Waals surface area contributed by atoms with Crippen LogP contribution in [0.2, 0.25) is 4.34 Å². The van der Waals surface area contributed by atoms with E-state index in [-0.39, 0.29) is 42.8 Å². The summed E-state index contributed by atoms with van der Waals surface area (Å²) >= 11 is 7.49. The van der Waals surface area contributed by atoms with Crippen molar-refractivity contribution >= 4 is 50.0 Å². The molecule has 3 aromatic rings. The highest BCUT2D eigenvalue weighted by Gasteiger charge is 2.35. The second-order valence-electron chi connectivity index (χ2n) is 11.2. The number of hydrogen-bond donors (Lipinski definition) is 1. The molecule has 0 atom stereocenters. The van der Waals surface area contributed by atoms with Crippen LogP contribution in [-0.4, -0.2) is 47.9 Å². The Morgan fingerprint density at radius 3 is 2.02 bits per heavy atom. The number of ether oxygens (including phenoxy) is 2. The average Bonchev–Trinajstić information content (AvgIpc) is 3.49. The minimum Gasteiger partial charge on any atom is -0.473 e. The van der Waals surface area contributed by atoms with Gasteiger partial charge in [-0.25, -0.2) is 23.1 Å². The Labute approximate surface area is 260 Å². The maximum atomic E-state index is 11.1. The van der Waals surface area contributed by atoms with E-state index < -0.39 is 10.0 Å². The van der Waals surface area contributed by atoms with Crippen LogP contribution >= 0.6 is 22.9 Å². The smallest absolute Gasteiger partial charge is 0.308 e. The molecule has 1 aromatic carbocycles. The maximum Gasteiger partial charge on any atom is 0.308 e. The van der Waals surface area contributed by atoms with Gasteiger partial charge < -0.3 is 9.47 Å². The fraction of sp³-hybridized carbons (Fsp3) is 0.581. The summed E-state index contributed by atoms with van der Waals surface area (Å²) in [5.74, 6) is 0.532. The van der Waals surface area contributed by atoms with Crippen LogP contribution in [0.4, 0.5) is 0 Å². The van der Waals surface area contributed by atoms with Gasteiger partial charge in [0.1, 0.15) is 11.8 Å². The van der Waals surface area contributed by atoms with E-state index in [9.17, 15) is 13.2 Å². The van der Waals surface area contributed by atoms with Crippen molar-refractivity contribution in [3.63, 3.8) is 0 Å². The van der Waals surface area contributed by atoms with Gasteiger partial charge in [-0.1, -0.05) is 45.0 Å². The maximum absolute atomic E-state index is 11.1. The molecule has 0 unspecified atom stereocenters. The summed E-state index contributed by atoms with van der Waals surface area (Å²) in [4.78, 5) is 21.3. The van der Waals surface area contributed by atoms with E-state index in [1.165, 1.54) is 24.2 Å². The monoisotopic (exact) mass is 639 g/mol. The lowest BCUT2D eigenvalue weighted by molar-refractivity contribution is -0.152. The van der Waals surface area contributed by atoms with E-state index in [2.05, 4.69) is 14.7 Å². The first kappa shape index (κ1) is 35.9. The van der Waals surface area contributed by atoms with Crippen LogP contribution in [0.1, 0.15) is 87.5 Å². The Hall–Kier alpha value is -2.27. The molecule has 2 fully saturated rings. The average molecular weight is 640 g/mol. The van der Waals surface area contributed by atoms with Gasteiger partial charge in [-0.2, -0.15) is 0 Å². The van der Waals surface area contributed by atoms with Crippen molar-refractivity contribution in [2.24, 2.45) is 5.92 Å². The number of rotatable bonds is 8. The lowest BCUT2D eigenvalue weighted by Crippen LogP contribution is -2.32. The molecule has 0 bridgehead atoms. The minimum atomic E-state index is -2.94. The molecule has 11 heteroatoms. The van der Waals surface area contributed by atoms with E-state index in [4.69, 9.17) is 21.1 Å². The number of sulfonamides is 1. The number of carbonyl (C=O) groups is 1. The van der Waals surface area contributed by atoms with E-state index in [0.29, 0.717) is 5.88 Å². The molecule has 0 radical (unpaired) electrons. The second-order valence-corrected chi connectivity index (χ2v) is 14.9. The molecule has 2 heterocycles. The van der Waals surface area contributed by atoms with Gasteiger partial charge >= 0.3 is 5.97 Å². The molecule has 0 aliphatic heterocycles. The topological polar surface area (TPSA) is 107 Å². The third kappa shape index (κ3) is 11.4. The van der Waals surface area contributed by atoms with Crippen LogP contribution < -0.4 is 9.46 Å². The van der Waals surface area contributed by atoms with Gasteiger partial charge in [0.2, 0.25) is 15.9 Å². The normalized spacial score (nSPS) is 15.1. The molecule has 5 rings (SSSR count). The Bertz CT molecular complexity index is 1380. The van der Waals surface area contributed by atoms with Gasteiger partial charge in [0.25, 0.3) is 0 Å². The number of para-hydroxylation sites is 2. The van der Waals surface area contributed by atoms with Crippen LogP contribution in [-0.2, 0) is 19.6 Å². The van der Waals surface area contributed by atoms with Crippen LogP contribution in [0.25, 0.3) is 21.6 Å². The number of carbonyl (C=O) groups excluding carboxylic acids is 1. The zero-order chi connectivity index (χ0) is 30.2. The van der Waals surface area contributed by atoms with Gasteiger partial charge in [0, 0.05) is 6.04 Å². The molecule has 234 valence electrons. The molecular formula is C31H46ClN3O5S2. The molecule has 0 saturated heterocycles. The predicted molar refractivity (Wildman–Crippen MR) is 174 cm³/mol. The summed E-state index contributed by atoms with van der Waals surface area (Å²) in [6.07, 6.45) is 6.51. The second kappa shape index (κ2) is 16.5. The highest BCUT2D eigenvalue weighted by Crippen LogP contribution is 2.36. The van der Waals surface area contributed by atoms with E-state index >= 15 is 0 Å². The standard InChI is InChI=1S/C15H13ClN2OS.C9H16O2.C6H13NO2S.CH4/c1-9(2)19-15-14(12-7-8-13(16)20-12)17-10-5-3-4-6-11(10)18-15;1-7(2)9(10)11-8-5-3-4-6-8;1-5(2)7-10(8,9)6-3-4-6;/h3-9H,1-2H3;7-8H,3-6H2,1-2H3;5-7H,3-4H2,1-2H3;1H4. The Balaban J connectivity index is 0.000000239. The van der Waals surface area contributed by atoms with Crippen molar-refractivity contribution in [1.82, 2.24) is 14.7 Å². The van der Waals surface area contributed by atoms with E-state index in [1.807, 2.05) is 77.9 Å². The fourth-order valence-corrected chi connectivity index (χ4v) is 6.63. The molecular weight excluding hydrogens is 594 g/mol. The number of esters is 1. The highest BCUT2D eigenvalue weighted by molar-refractivity contribution is 7.90. The lowest BCUT2D eigenvalue weighted by Gasteiger charge is -2.12. The van der Waals surface area contributed by atoms with E-state index in [0.717, 1.165) is 51.6 Å². The Morgan fingerprint density at radius 2 is 1.55 bits per heavy atom. The van der Waals surface area contributed by atoms with Crippen molar-refractivity contribution in [2.45, 2.75) is 111 Å². The summed E-state index contributed by atoms with van der Waals surface area (Å²) in [5.41, 5.74) is 2.42. The van der Waals surface area contributed by atoms with Crippen LogP contribution in [0, 0.1) is 5.92 Å². The number of aromatic nitrogens is 2. The predicted octanol–water partition coefficient (Wildman–Crippen LogP) is 8.04. The molecule has 2 aliphatic carbocycles. The first-order valence-electron chi connectivity index (χ1n) is 14.3. The molecule has 8 nitrogen and oxygen atoms in total. The molecule has 42 heavy (non-hydrogen) atoms. The van der Waals surface area contributed by atoms with Crippen molar-refractivity contribution in [3.8, 4) is 16.5 Å². The molecule has 2 saturated carbocycles. The largest absolute Gasteiger partial charge is 0.473 e. The number of fused-ring (bicyclic) bond motifs is 1. The van der Waals surface area contributed by atoms with E-state index in [1.54, 1.807) is 0 Å². The van der Waals surface area contributed by atoms with Crippen molar-refractivity contribution in [1.29, 1.82) is 0 Å². The van der Waals surface area contributed by atoms with Gasteiger partial charge in [-0.05, 0) is 90.5 Å². The number of nitrogens with one attached hydrogen (secondary N) is 1.